The molecule has 0 aliphatic rings. The Morgan fingerprint density at radius 2 is 1.04 bits per heavy atom. The smallest absolute Gasteiger partial charge is 0.308 e. The lowest BCUT2D eigenvalue weighted by Crippen LogP contribution is -2.17. The maximum absolute atomic E-state index is 12.0. The zero-order chi connectivity index (χ0) is 19.3. The lowest BCUT2D eigenvalue weighted by atomic mass is 10.00. The minimum atomic E-state index is 0.0376. The number of esters is 1. The molecule has 0 fully saturated rings. The molecule has 2 heteroatoms. The lowest BCUT2D eigenvalue weighted by Gasteiger charge is -2.13. The molecule has 0 aromatic rings. The van der Waals surface area contributed by atoms with Crippen LogP contribution in [0.15, 0.2) is 0 Å². The van der Waals surface area contributed by atoms with Crippen LogP contribution in [-0.2, 0) is 9.53 Å². The highest BCUT2D eigenvalue weighted by atomic mass is 16.5. The summed E-state index contributed by atoms with van der Waals surface area (Å²) >= 11 is 0. The van der Waals surface area contributed by atoms with Crippen LogP contribution in [0.25, 0.3) is 0 Å². The van der Waals surface area contributed by atoms with E-state index in [9.17, 15) is 4.79 Å². The zero-order valence-electron chi connectivity index (χ0n) is 18.3. The molecular weight excluding hydrogens is 320 g/mol. The Bertz CT molecular complexity index is 288. The van der Waals surface area contributed by atoms with Gasteiger partial charge in [-0.3, -0.25) is 4.79 Å². The third-order valence-corrected chi connectivity index (χ3v) is 5.47. The molecule has 0 rings (SSSR count). The van der Waals surface area contributed by atoms with Gasteiger partial charge in [0.25, 0.3) is 0 Å². The first-order chi connectivity index (χ1) is 12.8. The van der Waals surface area contributed by atoms with Crippen molar-refractivity contribution in [1.82, 2.24) is 0 Å². The molecule has 0 aromatic heterocycles. The van der Waals surface area contributed by atoms with E-state index in [1.54, 1.807) is 0 Å². The monoisotopic (exact) mass is 368 g/mol. The maximum atomic E-state index is 12.0. The predicted octanol–water partition coefficient (Wildman–Crippen LogP) is 8.23. The van der Waals surface area contributed by atoms with Crippen LogP contribution in [0.4, 0.5) is 0 Å². The minimum Gasteiger partial charge on any atom is -0.465 e. The zero-order valence-corrected chi connectivity index (χ0v) is 18.3. The van der Waals surface area contributed by atoms with Gasteiger partial charge in [0.1, 0.15) is 0 Å². The van der Waals surface area contributed by atoms with Gasteiger partial charge < -0.3 is 4.74 Å². The van der Waals surface area contributed by atoms with Gasteiger partial charge in [0.15, 0.2) is 0 Å². The molecule has 26 heavy (non-hydrogen) atoms. The molecule has 0 aromatic carbocycles. The minimum absolute atomic E-state index is 0.0376. The second kappa shape index (κ2) is 20.8. The second-order valence-corrected chi connectivity index (χ2v) is 8.01. The summed E-state index contributed by atoms with van der Waals surface area (Å²) in [4.78, 5) is 12.0. The Kier molecular flexibility index (Phi) is 20.4. The normalized spacial score (nSPS) is 12.3. The Hall–Kier alpha value is -0.530. The van der Waals surface area contributed by atoms with Crippen molar-refractivity contribution in [2.75, 3.05) is 6.61 Å². The molecule has 0 N–H and O–H groups in total. The summed E-state index contributed by atoms with van der Waals surface area (Å²) in [6.45, 7) is 7.17. The summed E-state index contributed by atoms with van der Waals surface area (Å²) in [7, 11) is 0. The first-order valence-corrected chi connectivity index (χ1v) is 11.9. The number of ether oxygens (including phenoxy) is 1. The number of hydrogen-bond acceptors (Lipinski definition) is 2. The molecule has 0 saturated carbocycles. The Morgan fingerprint density at radius 3 is 1.46 bits per heavy atom. The molecule has 156 valence electrons. The van der Waals surface area contributed by atoms with Crippen molar-refractivity contribution in [1.29, 1.82) is 0 Å². The molecule has 0 spiro atoms. The number of rotatable bonds is 20. The number of unbranched alkanes of at least 4 members (excludes halogenated alkanes) is 14. The van der Waals surface area contributed by atoms with Crippen molar-refractivity contribution in [3.8, 4) is 0 Å². The standard InChI is InChI=1S/C24H48O2/c1-4-7-9-10-11-12-13-14-15-16-17-18-19-20-22-26-24(25)23(6-3)21-8-5-2/h23H,4-22H2,1-3H3/t23-/m0/s1. The van der Waals surface area contributed by atoms with E-state index in [4.69, 9.17) is 4.74 Å². The number of carbonyl (C=O) groups is 1. The van der Waals surface area contributed by atoms with Gasteiger partial charge in [0.05, 0.1) is 12.5 Å². The van der Waals surface area contributed by atoms with Gasteiger partial charge >= 0.3 is 5.97 Å². The highest BCUT2D eigenvalue weighted by Gasteiger charge is 2.16. The molecule has 0 saturated heterocycles. The summed E-state index contributed by atoms with van der Waals surface area (Å²) < 4.78 is 5.46. The van der Waals surface area contributed by atoms with E-state index in [0.29, 0.717) is 6.61 Å². The first-order valence-electron chi connectivity index (χ1n) is 11.9. The van der Waals surface area contributed by atoms with Gasteiger partial charge in [-0.25, -0.2) is 0 Å². The van der Waals surface area contributed by atoms with Crippen molar-refractivity contribution >= 4 is 5.97 Å². The molecule has 1 atom stereocenters. The summed E-state index contributed by atoms with van der Waals surface area (Å²) in [6.07, 6.45) is 23.2. The van der Waals surface area contributed by atoms with Crippen molar-refractivity contribution in [3.05, 3.63) is 0 Å². The van der Waals surface area contributed by atoms with Gasteiger partial charge in [-0.1, -0.05) is 117 Å². The highest BCUT2D eigenvalue weighted by molar-refractivity contribution is 5.72. The maximum Gasteiger partial charge on any atom is 0.308 e. The van der Waals surface area contributed by atoms with Gasteiger partial charge in [0, 0.05) is 0 Å². The topological polar surface area (TPSA) is 26.3 Å². The number of carbonyl (C=O) groups excluding carboxylic acids is 1. The van der Waals surface area contributed by atoms with E-state index in [1.165, 1.54) is 83.5 Å². The van der Waals surface area contributed by atoms with Crippen molar-refractivity contribution in [3.63, 3.8) is 0 Å². The molecule has 0 aliphatic carbocycles. The van der Waals surface area contributed by atoms with Gasteiger partial charge in [0.2, 0.25) is 0 Å². The first kappa shape index (κ1) is 25.5. The van der Waals surface area contributed by atoms with Crippen LogP contribution in [0.5, 0.6) is 0 Å². The van der Waals surface area contributed by atoms with Crippen LogP contribution in [0.2, 0.25) is 0 Å². The fraction of sp³-hybridized carbons (Fsp3) is 0.958. The predicted molar refractivity (Wildman–Crippen MR) is 115 cm³/mol. The van der Waals surface area contributed by atoms with Crippen LogP contribution in [0.1, 0.15) is 136 Å². The van der Waals surface area contributed by atoms with Gasteiger partial charge in [-0.15, -0.1) is 0 Å². The Morgan fingerprint density at radius 1 is 0.615 bits per heavy atom. The second-order valence-electron chi connectivity index (χ2n) is 8.01. The average Bonchev–Trinajstić information content (AvgIpc) is 2.65. The SMILES string of the molecule is CCCCCCCCCCCCCCCCOC(=O)[C@@H](CC)CCCC. The van der Waals surface area contributed by atoms with Crippen LogP contribution in [0.3, 0.4) is 0 Å². The highest BCUT2D eigenvalue weighted by Crippen LogP contribution is 2.15. The molecule has 2 nitrogen and oxygen atoms in total. The molecular formula is C24H48O2. The van der Waals surface area contributed by atoms with Gasteiger partial charge in [-0.05, 0) is 19.3 Å². The summed E-state index contributed by atoms with van der Waals surface area (Å²) in [5, 5.41) is 0. The summed E-state index contributed by atoms with van der Waals surface area (Å²) in [5.41, 5.74) is 0. The fourth-order valence-electron chi connectivity index (χ4n) is 3.53. The summed E-state index contributed by atoms with van der Waals surface area (Å²) in [5.74, 6) is 0.164. The quantitative estimate of drug-likeness (QED) is 0.160. The molecule has 0 radical (unpaired) electrons. The van der Waals surface area contributed by atoms with Crippen molar-refractivity contribution < 1.29 is 9.53 Å². The van der Waals surface area contributed by atoms with E-state index < -0.39 is 0 Å². The molecule has 0 bridgehead atoms. The molecule has 0 unspecified atom stereocenters. The van der Waals surface area contributed by atoms with Crippen LogP contribution in [0, 0.1) is 5.92 Å². The lowest BCUT2D eigenvalue weighted by molar-refractivity contribution is -0.149. The van der Waals surface area contributed by atoms with Crippen molar-refractivity contribution in [2.45, 2.75) is 136 Å². The van der Waals surface area contributed by atoms with E-state index in [1.807, 2.05) is 0 Å². The van der Waals surface area contributed by atoms with Crippen molar-refractivity contribution in [2.24, 2.45) is 5.92 Å². The third-order valence-electron chi connectivity index (χ3n) is 5.47. The van der Waals surface area contributed by atoms with Crippen LogP contribution >= 0.6 is 0 Å². The van der Waals surface area contributed by atoms with E-state index in [-0.39, 0.29) is 11.9 Å². The fourth-order valence-corrected chi connectivity index (χ4v) is 3.53. The third kappa shape index (κ3) is 16.9. The molecule has 0 aliphatic heterocycles. The van der Waals surface area contributed by atoms with Gasteiger partial charge in [-0.2, -0.15) is 0 Å². The summed E-state index contributed by atoms with van der Waals surface area (Å²) in [6, 6.07) is 0. The molecule has 0 amide bonds. The Balaban J connectivity index is 3.27. The van der Waals surface area contributed by atoms with E-state index in [0.717, 1.165) is 32.1 Å². The Labute approximate surface area is 164 Å². The average molecular weight is 369 g/mol. The van der Waals surface area contributed by atoms with Crippen LogP contribution in [-0.4, -0.2) is 12.6 Å². The molecule has 0 heterocycles. The largest absolute Gasteiger partial charge is 0.465 e. The van der Waals surface area contributed by atoms with E-state index in [2.05, 4.69) is 20.8 Å². The number of hydrogen-bond donors (Lipinski definition) is 0. The van der Waals surface area contributed by atoms with E-state index >= 15 is 0 Å². The van der Waals surface area contributed by atoms with Crippen LogP contribution < -0.4 is 0 Å².